The molecule has 20 heavy (non-hydrogen) atoms. The van der Waals surface area contributed by atoms with E-state index in [0.717, 1.165) is 10.2 Å². The number of aromatic nitrogens is 2. The van der Waals surface area contributed by atoms with Gasteiger partial charge in [0.1, 0.15) is 10.5 Å². The van der Waals surface area contributed by atoms with Crippen molar-refractivity contribution in [2.45, 2.75) is 12.5 Å². The Morgan fingerprint density at radius 1 is 1.60 bits per heavy atom. The van der Waals surface area contributed by atoms with Crippen LogP contribution in [0.25, 0.3) is 10.2 Å². The number of carboxylic acid groups (broad SMARTS) is 1. The third-order valence-electron chi connectivity index (χ3n) is 4.05. The van der Waals surface area contributed by atoms with Crippen LogP contribution < -0.4 is 5.56 Å². The Morgan fingerprint density at radius 2 is 2.40 bits per heavy atom. The van der Waals surface area contributed by atoms with Gasteiger partial charge in [-0.1, -0.05) is 0 Å². The first-order valence-electron chi connectivity index (χ1n) is 6.23. The van der Waals surface area contributed by atoms with E-state index >= 15 is 0 Å². The van der Waals surface area contributed by atoms with Crippen LogP contribution in [0.2, 0.25) is 0 Å². The van der Waals surface area contributed by atoms with Gasteiger partial charge in [0.15, 0.2) is 0 Å². The molecule has 2 aliphatic rings. The zero-order valence-corrected chi connectivity index (χ0v) is 12.6. The van der Waals surface area contributed by atoms with Crippen LogP contribution in [-0.2, 0) is 0 Å². The van der Waals surface area contributed by atoms with Gasteiger partial charge < -0.3 is 10.1 Å². The van der Waals surface area contributed by atoms with Crippen molar-refractivity contribution in [2.75, 3.05) is 6.54 Å². The summed E-state index contributed by atoms with van der Waals surface area (Å²) in [6.45, 7) is 0.541. The summed E-state index contributed by atoms with van der Waals surface area (Å²) in [4.78, 5) is 32.0. The molecule has 0 aromatic carbocycles. The van der Waals surface area contributed by atoms with Crippen LogP contribution in [0.15, 0.2) is 14.6 Å². The molecule has 0 radical (unpaired) electrons. The van der Waals surface area contributed by atoms with Gasteiger partial charge in [-0.25, -0.2) is 9.78 Å². The normalized spacial score (nSPS) is 27.9. The Balaban J connectivity index is 1.85. The molecule has 1 amide bonds. The SMILES string of the molecule is O=C(O)N1C[C@@H]2C[C@@H]2[C@H]1c1nc2cc(Br)sc2c(=O)[nH]1. The number of rotatable bonds is 1. The van der Waals surface area contributed by atoms with Crippen molar-refractivity contribution in [3.63, 3.8) is 0 Å². The van der Waals surface area contributed by atoms with Crippen LogP contribution in [-0.4, -0.2) is 32.6 Å². The number of H-pyrrole nitrogens is 1. The molecule has 1 saturated heterocycles. The lowest BCUT2D eigenvalue weighted by molar-refractivity contribution is 0.129. The molecule has 1 saturated carbocycles. The number of fused-ring (bicyclic) bond motifs is 2. The Hall–Kier alpha value is -1.41. The van der Waals surface area contributed by atoms with Crippen LogP contribution in [0.3, 0.4) is 0 Å². The van der Waals surface area contributed by atoms with Crippen molar-refractivity contribution in [1.82, 2.24) is 14.9 Å². The largest absolute Gasteiger partial charge is 0.465 e. The van der Waals surface area contributed by atoms with Gasteiger partial charge in [-0.3, -0.25) is 9.69 Å². The summed E-state index contributed by atoms with van der Waals surface area (Å²) in [6, 6.07) is 1.48. The van der Waals surface area contributed by atoms with E-state index in [1.54, 1.807) is 6.07 Å². The number of nitrogens with one attached hydrogen (secondary N) is 1. The first-order valence-corrected chi connectivity index (χ1v) is 7.84. The number of thiophene rings is 1. The van der Waals surface area contributed by atoms with Gasteiger partial charge in [0.25, 0.3) is 5.56 Å². The third-order valence-corrected chi connectivity index (χ3v) is 5.67. The van der Waals surface area contributed by atoms with Gasteiger partial charge in [0.05, 0.1) is 15.3 Å². The Morgan fingerprint density at radius 3 is 3.15 bits per heavy atom. The highest BCUT2D eigenvalue weighted by Crippen LogP contribution is 2.55. The standard InChI is InChI=1S/C12H10BrN3O3S/c13-7-2-6-9(20-7)11(17)15-10(14-6)8-5-1-4(5)3-16(8)12(18)19/h2,4-5,8H,1,3H2,(H,18,19)(H,14,15,17)/t4-,5-,8-/m0/s1. The molecule has 4 rings (SSSR count). The number of halogens is 1. The lowest BCUT2D eigenvalue weighted by atomic mass is 10.1. The highest BCUT2D eigenvalue weighted by Gasteiger charge is 2.55. The van der Waals surface area contributed by atoms with Gasteiger partial charge in [-0.15, -0.1) is 11.3 Å². The second-order valence-corrected chi connectivity index (χ2v) is 7.69. The maximum atomic E-state index is 12.1. The Labute approximate surface area is 125 Å². The number of likely N-dealkylation sites (tertiary alicyclic amines) is 1. The quantitative estimate of drug-likeness (QED) is 0.822. The number of hydrogen-bond donors (Lipinski definition) is 2. The molecule has 3 heterocycles. The van der Waals surface area contributed by atoms with E-state index in [9.17, 15) is 14.7 Å². The highest BCUT2D eigenvalue weighted by atomic mass is 79.9. The average molecular weight is 356 g/mol. The molecule has 104 valence electrons. The van der Waals surface area contributed by atoms with E-state index in [-0.39, 0.29) is 11.6 Å². The molecule has 3 atom stereocenters. The molecule has 1 aliphatic heterocycles. The Kier molecular flexibility index (Phi) is 2.50. The van der Waals surface area contributed by atoms with E-state index < -0.39 is 6.09 Å². The summed E-state index contributed by atoms with van der Waals surface area (Å²) in [5, 5.41) is 9.27. The van der Waals surface area contributed by atoms with E-state index in [1.165, 1.54) is 16.2 Å². The summed E-state index contributed by atoms with van der Waals surface area (Å²) in [6.07, 6.45) is 0.0697. The van der Waals surface area contributed by atoms with Crippen molar-refractivity contribution in [1.29, 1.82) is 0 Å². The molecule has 8 heteroatoms. The van der Waals surface area contributed by atoms with Crippen LogP contribution in [0, 0.1) is 11.8 Å². The maximum absolute atomic E-state index is 12.1. The molecule has 0 unspecified atom stereocenters. The fourth-order valence-electron chi connectivity index (χ4n) is 3.08. The van der Waals surface area contributed by atoms with Crippen LogP contribution in [0.4, 0.5) is 4.79 Å². The lowest BCUT2D eigenvalue weighted by Gasteiger charge is -2.23. The van der Waals surface area contributed by atoms with Gasteiger partial charge in [0.2, 0.25) is 0 Å². The summed E-state index contributed by atoms with van der Waals surface area (Å²) in [5.74, 6) is 1.19. The van der Waals surface area contributed by atoms with Gasteiger partial charge in [-0.05, 0) is 40.3 Å². The minimum atomic E-state index is -0.948. The summed E-state index contributed by atoms with van der Waals surface area (Å²) in [7, 11) is 0. The number of nitrogens with zero attached hydrogens (tertiary/aromatic N) is 2. The molecule has 0 spiro atoms. The number of hydrogen-bond acceptors (Lipinski definition) is 4. The zero-order chi connectivity index (χ0) is 14.0. The molecule has 0 bridgehead atoms. The smallest absolute Gasteiger partial charge is 0.407 e. The first-order chi connectivity index (χ1) is 9.54. The minimum absolute atomic E-state index is 0.199. The average Bonchev–Trinajstić information content (AvgIpc) is 2.86. The van der Waals surface area contributed by atoms with Crippen molar-refractivity contribution in [2.24, 2.45) is 11.8 Å². The third kappa shape index (κ3) is 1.71. The molecule has 6 nitrogen and oxygen atoms in total. The van der Waals surface area contributed by atoms with Crippen LogP contribution in [0.5, 0.6) is 0 Å². The lowest BCUT2D eigenvalue weighted by Crippen LogP contribution is -2.33. The second-order valence-electron chi connectivity index (χ2n) is 5.26. The van der Waals surface area contributed by atoms with E-state index in [2.05, 4.69) is 25.9 Å². The maximum Gasteiger partial charge on any atom is 0.407 e. The predicted octanol–water partition coefficient (Wildman–Crippen LogP) is 2.42. The highest BCUT2D eigenvalue weighted by molar-refractivity contribution is 9.11. The number of aromatic amines is 1. The van der Waals surface area contributed by atoms with E-state index in [0.29, 0.717) is 34.4 Å². The molecular formula is C12H10BrN3O3S. The molecule has 2 aromatic rings. The molecule has 2 aromatic heterocycles. The van der Waals surface area contributed by atoms with E-state index in [4.69, 9.17) is 0 Å². The second kappa shape index (κ2) is 4.05. The van der Waals surface area contributed by atoms with Crippen molar-refractivity contribution in [3.8, 4) is 0 Å². The topological polar surface area (TPSA) is 86.3 Å². The monoisotopic (exact) mass is 355 g/mol. The van der Waals surface area contributed by atoms with Gasteiger partial charge in [0, 0.05) is 6.54 Å². The Bertz CT molecular complexity index is 786. The minimum Gasteiger partial charge on any atom is -0.465 e. The molecule has 2 N–H and O–H groups in total. The van der Waals surface area contributed by atoms with Crippen LogP contribution in [0.1, 0.15) is 18.3 Å². The van der Waals surface area contributed by atoms with Crippen molar-refractivity contribution < 1.29 is 9.90 Å². The van der Waals surface area contributed by atoms with Crippen molar-refractivity contribution >= 4 is 43.6 Å². The predicted molar refractivity (Wildman–Crippen MR) is 77.0 cm³/mol. The number of amides is 1. The number of carbonyl (C=O) groups is 1. The molecule has 2 fully saturated rings. The molecular weight excluding hydrogens is 346 g/mol. The zero-order valence-electron chi connectivity index (χ0n) is 10.2. The summed E-state index contributed by atoms with van der Waals surface area (Å²) < 4.78 is 1.40. The van der Waals surface area contributed by atoms with Crippen LogP contribution >= 0.6 is 27.3 Å². The van der Waals surface area contributed by atoms with Crippen molar-refractivity contribution in [3.05, 3.63) is 26.0 Å². The fraction of sp³-hybridized carbons (Fsp3) is 0.417. The van der Waals surface area contributed by atoms with E-state index in [1.807, 2.05) is 0 Å². The summed E-state index contributed by atoms with van der Waals surface area (Å²) >= 11 is 4.67. The summed E-state index contributed by atoms with van der Waals surface area (Å²) in [5.41, 5.74) is 0.421. The fourth-order valence-corrected chi connectivity index (χ4v) is 4.50. The number of piperidine rings is 1. The van der Waals surface area contributed by atoms with Gasteiger partial charge >= 0.3 is 6.09 Å². The molecule has 1 aliphatic carbocycles. The first kappa shape index (κ1) is 12.3. The van der Waals surface area contributed by atoms with Gasteiger partial charge in [-0.2, -0.15) is 0 Å².